The van der Waals surface area contributed by atoms with Crippen LogP contribution in [0.15, 0.2) is 40.8 Å². The second-order valence-electron chi connectivity index (χ2n) is 7.49. The highest BCUT2D eigenvalue weighted by Crippen LogP contribution is 2.46. The predicted octanol–water partition coefficient (Wildman–Crippen LogP) is 5.56. The number of carbonyl (C=O) groups is 1. The Morgan fingerprint density at radius 1 is 1.04 bits per heavy atom. The number of anilines is 1. The van der Waals surface area contributed by atoms with E-state index in [1.807, 2.05) is 6.07 Å². The summed E-state index contributed by atoms with van der Waals surface area (Å²) in [7, 11) is 0. The molecule has 5 nitrogen and oxygen atoms in total. The number of furan rings is 1. The highest BCUT2D eigenvalue weighted by atomic mass is 19.1. The van der Waals surface area contributed by atoms with Gasteiger partial charge in [-0.1, -0.05) is 6.42 Å². The van der Waals surface area contributed by atoms with Crippen molar-refractivity contribution < 1.29 is 23.1 Å². The average molecular weight is 381 g/mol. The van der Waals surface area contributed by atoms with Crippen molar-refractivity contribution in [2.75, 3.05) is 5.32 Å². The molecule has 2 heterocycles. The fourth-order valence-corrected chi connectivity index (χ4v) is 4.06. The topological polar surface area (TPSA) is 60.7 Å². The Balaban J connectivity index is 1.38. The van der Waals surface area contributed by atoms with Crippen LogP contribution in [0.3, 0.4) is 0 Å². The number of fused-ring (bicyclic) bond motifs is 2. The number of rotatable bonds is 2. The molecule has 1 amide bonds. The van der Waals surface area contributed by atoms with Gasteiger partial charge in [-0.05, 0) is 50.1 Å². The summed E-state index contributed by atoms with van der Waals surface area (Å²) in [4.78, 5) is 12.7. The number of benzene rings is 2. The van der Waals surface area contributed by atoms with E-state index in [0.29, 0.717) is 33.7 Å². The maximum absolute atomic E-state index is 13.5. The van der Waals surface area contributed by atoms with Crippen LogP contribution in [0.4, 0.5) is 10.1 Å². The summed E-state index contributed by atoms with van der Waals surface area (Å²) < 4.78 is 31.3. The fourth-order valence-electron chi connectivity index (χ4n) is 4.06. The number of hydrogen-bond acceptors (Lipinski definition) is 4. The number of amides is 1. The first-order valence-corrected chi connectivity index (χ1v) is 9.55. The zero-order valence-corrected chi connectivity index (χ0v) is 15.5. The summed E-state index contributed by atoms with van der Waals surface area (Å²) in [5.41, 5.74) is 1.68. The molecule has 5 rings (SSSR count). The van der Waals surface area contributed by atoms with Crippen molar-refractivity contribution in [1.82, 2.24) is 0 Å². The molecule has 2 aliphatic rings. The molecule has 1 aliphatic carbocycles. The third-order valence-corrected chi connectivity index (χ3v) is 5.51. The second kappa shape index (κ2) is 6.26. The van der Waals surface area contributed by atoms with Crippen molar-refractivity contribution in [2.45, 2.75) is 44.8 Å². The van der Waals surface area contributed by atoms with Gasteiger partial charge in [-0.25, -0.2) is 4.39 Å². The fraction of sp³-hybridized carbons (Fsp3) is 0.318. The van der Waals surface area contributed by atoms with Crippen molar-refractivity contribution in [1.29, 1.82) is 0 Å². The monoisotopic (exact) mass is 381 g/mol. The van der Waals surface area contributed by atoms with E-state index >= 15 is 0 Å². The van der Waals surface area contributed by atoms with Gasteiger partial charge in [0.25, 0.3) is 11.7 Å². The van der Waals surface area contributed by atoms with Crippen LogP contribution in [0.2, 0.25) is 0 Å². The molecule has 1 aromatic heterocycles. The Labute approximate surface area is 161 Å². The zero-order valence-electron chi connectivity index (χ0n) is 15.5. The third-order valence-electron chi connectivity index (χ3n) is 5.51. The lowest BCUT2D eigenvalue weighted by molar-refractivity contribution is -0.105. The third kappa shape index (κ3) is 2.80. The summed E-state index contributed by atoms with van der Waals surface area (Å²) in [6, 6.07) is 9.57. The Bertz CT molecular complexity index is 1080. The molecule has 0 bridgehead atoms. The standard InChI is InChI=1S/C22H20FNO4/c1-13-16-11-14(23)5-7-17(16)26-20(13)21(25)24-15-6-8-18-19(12-15)28-22(27-18)9-3-2-4-10-22/h5-8,11-12H,2-4,9-10H2,1H3,(H,24,25). The molecule has 0 radical (unpaired) electrons. The van der Waals surface area contributed by atoms with E-state index in [2.05, 4.69) is 5.32 Å². The summed E-state index contributed by atoms with van der Waals surface area (Å²) in [6.07, 6.45) is 5.12. The number of nitrogens with one attached hydrogen (secondary N) is 1. The lowest BCUT2D eigenvalue weighted by Gasteiger charge is -2.31. The lowest BCUT2D eigenvalue weighted by atomic mass is 9.94. The molecule has 2 aromatic carbocycles. The van der Waals surface area contributed by atoms with Gasteiger partial charge in [0.1, 0.15) is 11.4 Å². The minimum atomic E-state index is -0.553. The van der Waals surface area contributed by atoms with Crippen LogP contribution in [0, 0.1) is 12.7 Å². The Morgan fingerprint density at radius 2 is 1.82 bits per heavy atom. The molecule has 1 aliphatic heterocycles. The van der Waals surface area contributed by atoms with E-state index in [9.17, 15) is 9.18 Å². The minimum absolute atomic E-state index is 0.169. The van der Waals surface area contributed by atoms with Gasteiger partial charge in [0.05, 0.1) is 0 Å². The van der Waals surface area contributed by atoms with Crippen molar-refractivity contribution in [3.8, 4) is 11.5 Å². The molecule has 0 saturated heterocycles. The molecule has 144 valence electrons. The van der Waals surface area contributed by atoms with E-state index in [1.165, 1.54) is 24.6 Å². The van der Waals surface area contributed by atoms with Crippen molar-refractivity contribution in [2.24, 2.45) is 0 Å². The molecule has 28 heavy (non-hydrogen) atoms. The van der Waals surface area contributed by atoms with E-state index < -0.39 is 5.79 Å². The Hall–Kier alpha value is -3.02. The van der Waals surface area contributed by atoms with E-state index in [0.717, 1.165) is 25.7 Å². The van der Waals surface area contributed by atoms with Gasteiger partial charge in [0.15, 0.2) is 17.3 Å². The number of ether oxygens (including phenoxy) is 2. The molecule has 6 heteroatoms. The van der Waals surface area contributed by atoms with Gasteiger partial charge in [-0.15, -0.1) is 0 Å². The second-order valence-corrected chi connectivity index (χ2v) is 7.49. The SMILES string of the molecule is Cc1c(C(=O)Nc2ccc3c(c2)OC2(CCCCC2)O3)oc2ccc(F)cc12. The summed E-state index contributed by atoms with van der Waals surface area (Å²) in [5.74, 6) is 0.208. The molecule has 1 saturated carbocycles. The maximum atomic E-state index is 13.5. The van der Waals surface area contributed by atoms with Crippen LogP contribution >= 0.6 is 0 Å². The number of aryl methyl sites for hydroxylation is 1. The van der Waals surface area contributed by atoms with E-state index in [4.69, 9.17) is 13.9 Å². The minimum Gasteiger partial charge on any atom is -0.451 e. The van der Waals surface area contributed by atoms with Crippen molar-refractivity contribution in [3.63, 3.8) is 0 Å². The van der Waals surface area contributed by atoms with Gasteiger partial charge >= 0.3 is 0 Å². The molecule has 1 spiro atoms. The molecule has 1 fully saturated rings. The first-order valence-electron chi connectivity index (χ1n) is 9.55. The van der Waals surface area contributed by atoms with Gasteiger partial charge in [-0.3, -0.25) is 4.79 Å². The molecular weight excluding hydrogens is 361 g/mol. The maximum Gasteiger partial charge on any atom is 0.291 e. The first-order chi connectivity index (χ1) is 13.5. The largest absolute Gasteiger partial charge is 0.451 e. The van der Waals surface area contributed by atoms with Crippen LogP contribution in [-0.4, -0.2) is 11.7 Å². The van der Waals surface area contributed by atoms with Crippen LogP contribution in [0.5, 0.6) is 11.5 Å². The number of halogens is 1. The van der Waals surface area contributed by atoms with Gasteiger partial charge in [0, 0.05) is 35.5 Å². The zero-order chi connectivity index (χ0) is 19.3. The highest BCUT2D eigenvalue weighted by molar-refractivity contribution is 6.06. The summed E-state index contributed by atoms with van der Waals surface area (Å²) >= 11 is 0. The summed E-state index contributed by atoms with van der Waals surface area (Å²) in [6.45, 7) is 1.74. The molecule has 0 unspecified atom stereocenters. The Kier molecular flexibility index (Phi) is 3.82. The van der Waals surface area contributed by atoms with Crippen LogP contribution in [0.25, 0.3) is 11.0 Å². The van der Waals surface area contributed by atoms with Gasteiger partial charge in [-0.2, -0.15) is 0 Å². The summed E-state index contributed by atoms with van der Waals surface area (Å²) in [5, 5.41) is 3.43. The number of hydrogen-bond donors (Lipinski definition) is 1. The predicted molar refractivity (Wildman–Crippen MR) is 102 cm³/mol. The van der Waals surface area contributed by atoms with Gasteiger partial charge < -0.3 is 19.2 Å². The number of carbonyl (C=O) groups excluding carboxylic acids is 1. The van der Waals surface area contributed by atoms with E-state index in [1.54, 1.807) is 19.1 Å². The van der Waals surface area contributed by atoms with E-state index in [-0.39, 0.29) is 17.5 Å². The van der Waals surface area contributed by atoms with Crippen LogP contribution in [0.1, 0.15) is 48.2 Å². The highest BCUT2D eigenvalue weighted by Gasteiger charge is 2.42. The first kappa shape index (κ1) is 17.1. The smallest absolute Gasteiger partial charge is 0.291 e. The molecule has 1 N–H and O–H groups in total. The van der Waals surface area contributed by atoms with Crippen molar-refractivity contribution >= 4 is 22.6 Å². The average Bonchev–Trinajstić information content (AvgIpc) is 3.19. The van der Waals surface area contributed by atoms with Crippen molar-refractivity contribution in [3.05, 3.63) is 53.5 Å². The van der Waals surface area contributed by atoms with Crippen LogP contribution < -0.4 is 14.8 Å². The Morgan fingerprint density at radius 3 is 2.64 bits per heavy atom. The quantitative estimate of drug-likeness (QED) is 0.631. The molecule has 3 aromatic rings. The molecular formula is C22H20FNO4. The normalized spacial score (nSPS) is 17.2. The molecule has 0 atom stereocenters. The van der Waals surface area contributed by atoms with Gasteiger partial charge in [0.2, 0.25) is 0 Å². The lowest BCUT2D eigenvalue weighted by Crippen LogP contribution is -2.40. The van der Waals surface area contributed by atoms with Crippen LogP contribution in [-0.2, 0) is 0 Å².